The van der Waals surface area contributed by atoms with Crippen molar-refractivity contribution in [1.82, 2.24) is 0 Å². The first-order chi connectivity index (χ1) is 9.38. The summed E-state index contributed by atoms with van der Waals surface area (Å²) in [6.45, 7) is 18.8. The number of hydrogen-bond donors (Lipinski definition) is 2. The fraction of sp³-hybridized carbons (Fsp3) is 1.00. The molecule has 0 amide bonds. The molecule has 0 aromatic rings. The van der Waals surface area contributed by atoms with Crippen LogP contribution in [0.15, 0.2) is 0 Å². The van der Waals surface area contributed by atoms with Crippen molar-refractivity contribution in [2.75, 3.05) is 0 Å². The summed E-state index contributed by atoms with van der Waals surface area (Å²) in [6.07, 6.45) is 0.192. The predicted octanol–water partition coefficient (Wildman–Crippen LogP) is 3.02. The van der Waals surface area contributed by atoms with Crippen LogP contribution in [-0.4, -0.2) is 55.9 Å². The van der Waals surface area contributed by atoms with Gasteiger partial charge in [0.15, 0.2) is 0 Å². The first-order valence-corrected chi connectivity index (χ1v) is 9.12. The van der Waals surface area contributed by atoms with Crippen molar-refractivity contribution in [1.29, 1.82) is 0 Å². The quantitative estimate of drug-likeness (QED) is 0.683. The molecule has 0 aliphatic rings. The van der Waals surface area contributed by atoms with Gasteiger partial charge in [-0.25, -0.2) is 0 Å². The van der Waals surface area contributed by atoms with Gasteiger partial charge in [0.25, 0.3) is 0 Å². The minimum Gasteiger partial charge on any atom is -0.452 e. The third-order valence-electron chi connectivity index (χ3n) is 1.15. The van der Waals surface area contributed by atoms with Gasteiger partial charge in [0.2, 0.25) is 0 Å². The van der Waals surface area contributed by atoms with Crippen molar-refractivity contribution in [2.45, 2.75) is 99.8 Å². The molecule has 0 fully saturated rings. The molecule has 0 unspecified atom stereocenters. The van der Waals surface area contributed by atoms with Crippen molar-refractivity contribution in [3.63, 3.8) is 0 Å². The molecule has 0 aromatic heterocycles. The summed E-state index contributed by atoms with van der Waals surface area (Å²) in [5.74, 6) is 0. The molecule has 0 spiro atoms. The molecule has 0 aliphatic heterocycles. The van der Waals surface area contributed by atoms with Gasteiger partial charge >= 0.3 is 15.1 Å². The Kier molecular flexibility index (Phi) is 28.0. The predicted molar refractivity (Wildman–Crippen MR) is 89.1 cm³/mol. The number of aliphatic hydroxyl groups is 2. The van der Waals surface area contributed by atoms with Crippen LogP contribution < -0.4 is 0 Å². The van der Waals surface area contributed by atoms with E-state index in [0.29, 0.717) is 0 Å². The van der Waals surface area contributed by atoms with Crippen molar-refractivity contribution >= 4 is 15.1 Å². The third kappa shape index (κ3) is 49.7. The molecule has 5 nitrogen and oxygen atoms in total. The summed E-state index contributed by atoms with van der Waals surface area (Å²) in [4.78, 5) is 0. The number of rotatable bonds is 6. The minimum atomic E-state index is -1.91. The minimum absolute atomic E-state index is 0. The standard InChI is InChI=1S/2C3H8O.3C3H7O.Al.Zn/c5*1-3(2)4;;/h2*3-4H,1-2H3;3*3H,1-2H3;;/q;;3*-1;+3;. The maximum atomic E-state index is 8.06. The summed E-state index contributed by atoms with van der Waals surface area (Å²) in [5.41, 5.74) is 0. The van der Waals surface area contributed by atoms with E-state index >= 15 is 0 Å². The first kappa shape index (κ1) is 30.8. The molecule has 0 heterocycles. The van der Waals surface area contributed by atoms with E-state index in [4.69, 9.17) is 21.6 Å². The Hall–Kier alpha value is 0.956. The van der Waals surface area contributed by atoms with Gasteiger partial charge in [0, 0.05) is 50.0 Å². The topological polar surface area (TPSA) is 68.2 Å². The molecule has 2 N–H and O–H groups in total. The number of aliphatic hydroxyl groups excluding tert-OH is 2. The molecule has 0 aromatic carbocycles. The summed E-state index contributed by atoms with van der Waals surface area (Å²) < 4.78 is 16.7. The Morgan fingerprint density at radius 3 is 0.773 bits per heavy atom. The molecule has 132 valence electrons. The zero-order valence-electron chi connectivity index (χ0n) is 16.3. The molecule has 7 heteroatoms. The normalized spacial score (nSPS) is 10.2. The Labute approximate surface area is 155 Å². The van der Waals surface area contributed by atoms with Crippen molar-refractivity contribution < 1.29 is 41.1 Å². The maximum absolute atomic E-state index is 8.06. The molecule has 0 radical (unpaired) electrons. The van der Waals surface area contributed by atoms with Gasteiger partial charge in [-0.15, -0.1) is 0 Å². The van der Waals surface area contributed by atoms with Gasteiger partial charge in [0.1, 0.15) is 0 Å². The van der Waals surface area contributed by atoms with Gasteiger partial charge in [-0.2, -0.15) is 0 Å². The van der Waals surface area contributed by atoms with Crippen molar-refractivity contribution in [3.05, 3.63) is 0 Å². The third-order valence-corrected chi connectivity index (χ3v) is 3.45. The fourth-order valence-electron chi connectivity index (χ4n) is 0.763. The Morgan fingerprint density at radius 2 is 0.682 bits per heavy atom. The Bertz CT molecular complexity index is 167. The first-order valence-electron chi connectivity index (χ1n) is 7.70. The maximum Gasteiger partial charge on any atom is 0.906 e. The molecule has 0 bridgehead atoms. The van der Waals surface area contributed by atoms with Crippen molar-refractivity contribution in [2.24, 2.45) is 0 Å². The van der Waals surface area contributed by atoms with E-state index in [1.165, 1.54) is 0 Å². The van der Waals surface area contributed by atoms with Gasteiger partial charge in [-0.1, -0.05) is 0 Å². The second-order valence-corrected chi connectivity index (χ2v) is 7.42. The van der Waals surface area contributed by atoms with Crippen LogP contribution in [0.1, 0.15) is 69.2 Å². The second-order valence-electron chi connectivity index (χ2n) is 6.03. The molecule has 22 heavy (non-hydrogen) atoms. The summed E-state index contributed by atoms with van der Waals surface area (Å²) in [5, 5.41) is 16.1. The molecule has 0 aliphatic carbocycles. The molecule has 0 saturated carbocycles. The van der Waals surface area contributed by atoms with Gasteiger partial charge in [-0.05, 0) is 69.2 Å². The molecule has 0 rings (SSSR count). The van der Waals surface area contributed by atoms with Crippen LogP contribution >= 0.6 is 0 Å². The fourth-order valence-corrected chi connectivity index (χ4v) is 2.29. The van der Waals surface area contributed by atoms with Crippen LogP contribution in [0, 0.1) is 0 Å². The monoisotopic (exact) mass is 388 g/mol. The zero-order valence-corrected chi connectivity index (χ0v) is 20.4. The average Bonchev–Trinajstić information content (AvgIpc) is 2.10. The van der Waals surface area contributed by atoms with Crippen LogP contribution in [0.4, 0.5) is 0 Å². The van der Waals surface area contributed by atoms with Crippen molar-refractivity contribution in [3.8, 4) is 0 Å². The summed E-state index contributed by atoms with van der Waals surface area (Å²) >= 11 is -1.91. The Morgan fingerprint density at radius 1 is 0.545 bits per heavy atom. The Balaban J connectivity index is -0.000000150. The molecule has 0 atom stereocenters. The van der Waals surface area contributed by atoms with Gasteiger partial charge < -0.3 is 21.6 Å². The van der Waals surface area contributed by atoms with Crippen LogP contribution in [-0.2, 0) is 30.8 Å². The molecular formula is C15H37AlO5Zn. The second kappa shape index (κ2) is 20.0. The van der Waals surface area contributed by atoms with Gasteiger partial charge in [0.05, 0.1) is 0 Å². The van der Waals surface area contributed by atoms with E-state index < -0.39 is 15.1 Å². The molecule has 0 saturated heterocycles. The van der Waals surface area contributed by atoms with E-state index in [0.717, 1.165) is 0 Å². The van der Waals surface area contributed by atoms with E-state index in [1.807, 2.05) is 41.5 Å². The smallest absolute Gasteiger partial charge is 0.452 e. The summed E-state index contributed by atoms with van der Waals surface area (Å²) in [7, 11) is 0. The van der Waals surface area contributed by atoms with E-state index in [-0.39, 0.29) is 50.0 Å². The average molecular weight is 390 g/mol. The van der Waals surface area contributed by atoms with Crippen LogP contribution in [0.5, 0.6) is 0 Å². The van der Waals surface area contributed by atoms with E-state index in [2.05, 4.69) is 0 Å². The largest absolute Gasteiger partial charge is 0.906 e. The van der Waals surface area contributed by atoms with E-state index in [1.54, 1.807) is 27.7 Å². The molecular weight excluding hydrogens is 353 g/mol. The van der Waals surface area contributed by atoms with Crippen LogP contribution in [0.2, 0.25) is 0 Å². The summed E-state index contributed by atoms with van der Waals surface area (Å²) in [6, 6.07) is 0. The van der Waals surface area contributed by atoms with E-state index in [9.17, 15) is 0 Å². The van der Waals surface area contributed by atoms with Crippen LogP contribution in [0.25, 0.3) is 0 Å². The number of hydrogen-bond acceptors (Lipinski definition) is 5. The zero-order chi connectivity index (χ0) is 17.6. The van der Waals surface area contributed by atoms with Crippen LogP contribution in [0.3, 0.4) is 0 Å². The SMILES string of the molecule is CC(C)O.CC(C)O.CC(C)[O][Al]([O]C(C)C)[O]C(C)C.[Zn]. The van der Waals surface area contributed by atoms with Gasteiger partial charge in [-0.3, -0.25) is 0 Å².